The maximum atomic E-state index is 14.0. The number of hydrogen-bond donors (Lipinski definition) is 2. The normalized spacial score (nSPS) is 17.4. The molecule has 1 heterocycles. The molecule has 0 saturated heterocycles. The third kappa shape index (κ3) is 5.90. The summed E-state index contributed by atoms with van der Waals surface area (Å²) in [6.07, 6.45) is -2.79. The largest absolute Gasteiger partial charge is 0.456 e. The van der Waals surface area contributed by atoms with E-state index in [-0.39, 0.29) is 24.2 Å². The van der Waals surface area contributed by atoms with Gasteiger partial charge in [-0.3, -0.25) is 0 Å². The van der Waals surface area contributed by atoms with E-state index in [1.165, 1.54) is 24.4 Å². The van der Waals surface area contributed by atoms with Crippen LogP contribution in [0, 0.1) is 11.4 Å². The Labute approximate surface area is 160 Å². The van der Waals surface area contributed by atoms with Crippen LogP contribution in [0.5, 0.6) is 0 Å². The van der Waals surface area contributed by atoms with Crippen LogP contribution in [0.2, 0.25) is 0 Å². The van der Waals surface area contributed by atoms with Crippen LogP contribution in [-0.2, 0) is 9.47 Å². The molecule has 0 bridgehead atoms. The lowest BCUT2D eigenvalue weighted by atomic mass is 10.1. The number of carbonyl (C=O) groups is 1. The first-order valence-electron chi connectivity index (χ1n) is 8.60. The van der Waals surface area contributed by atoms with E-state index in [1.807, 2.05) is 0 Å². The van der Waals surface area contributed by atoms with Crippen LogP contribution >= 0.6 is 0 Å². The fourth-order valence-electron chi connectivity index (χ4n) is 2.20. The van der Waals surface area contributed by atoms with Gasteiger partial charge in [-0.05, 0) is 51.8 Å². The van der Waals surface area contributed by atoms with Gasteiger partial charge in [0.05, 0.1) is 12.0 Å². The summed E-state index contributed by atoms with van der Waals surface area (Å²) in [6.45, 7) is 4.45. The number of halogens is 4. The number of aromatic nitrogens is 1. The molecule has 0 amide bonds. The number of carbonyl (C=O) groups excluding carboxylic acids is 1. The van der Waals surface area contributed by atoms with E-state index in [2.05, 4.69) is 10.3 Å². The summed E-state index contributed by atoms with van der Waals surface area (Å²) in [6, 6.07) is 2.56. The van der Waals surface area contributed by atoms with Crippen LogP contribution in [0.15, 0.2) is 24.4 Å². The van der Waals surface area contributed by atoms with Crippen LogP contribution in [0.1, 0.15) is 44.0 Å². The Kier molecular flexibility index (Phi) is 6.34. The standard InChI is InChI=1S/C18H23F4N3O3/c1-16(2,3)28-15(26)11-4-5-13(25-14(11)19)24-9-6-12(23)27-10-17(7-8-17)18(20,21)22/h4-6,9,12H,7-8,10,23H2,1-3H3,(H,24,25)/b9-6-. The highest BCUT2D eigenvalue weighted by atomic mass is 19.4. The Morgan fingerprint density at radius 2 is 2.00 bits per heavy atom. The number of esters is 1. The van der Waals surface area contributed by atoms with Crippen molar-refractivity contribution in [3.8, 4) is 0 Å². The van der Waals surface area contributed by atoms with Crippen LogP contribution in [0.4, 0.5) is 23.4 Å². The molecule has 6 nitrogen and oxygen atoms in total. The number of anilines is 1. The van der Waals surface area contributed by atoms with Crippen LogP contribution in [-0.4, -0.2) is 35.6 Å². The van der Waals surface area contributed by atoms with Gasteiger partial charge >= 0.3 is 12.1 Å². The van der Waals surface area contributed by atoms with Crippen LogP contribution < -0.4 is 11.1 Å². The average molecular weight is 405 g/mol. The number of hydrogen-bond acceptors (Lipinski definition) is 6. The van der Waals surface area contributed by atoms with Crippen LogP contribution in [0.3, 0.4) is 0 Å². The first kappa shape index (κ1) is 22.1. The molecule has 1 saturated carbocycles. The summed E-state index contributed by atoms with van der Waals surface area (Å²) in [4.78, 5) is 15.5. The minimum atomic E-state index is -4.31. The van der Waals surface area contributed by atoms with Crippen molar-refractivity contribution in [3.63, 3.8) is 0 Å². The number of alkyl halides is 3. The summed E-state index contributed by atoms with van der Waals surface area (Å²) < 4.78 is 62.5. The Morgan fingerprint density at radius 3 is 2.50 bits per heavy atom. The number of rotatable bonds is 7. The Balaban J connectivity index is 1.87. The smallest absolute Gasteiger partial charge is 0.396 e. The lowest BCUT2D eigenvalue weighted by Crippen LogP contribution is -2.33. The van der Waals surface area contributed by atoms with Gasteiger partial charge in [0.1, 0.15) is 23.2 Å². The maximum Gasteiger partial charge on any atom is 0.396 e. The van der Waals surface area contributed by atoms with Crippen molar-refractivity contribution in [3.05, 3.63) is 35.9 Å². The predicted octanol–water partition coefficient (Wildman–Crippen LogP) is 3.75. The summed E-state index contributed by atoms with van der Waals surface area (Å²) in [5.74, 6) is -1.79. The van der Waals surface area contributed by atoms with Crippen molar-refractivity contribution in [2.75, 3.05) is 11.9 Å². The van der Waals surface area contributed by atoms with E-state index in [1.54, 1.807) is 20.8 Å². The zero-order chi connectivity index (χ0) is 21.2. The summed E-state index contributed by atoms with van der Waals surface area (Å²) in [7, 11) is 0. The van der Waals surface area contributed by atoms with Crippen molar-refractivity contribution in [1.82, 2.24) is 4.98 Å². The average Bonchev–Trinajstić information content (AvgIpc) is 3.32. The molecular formula is C18H23F4N3O3. The number of nitrogens with two attached hydrogens (primary N) is 1. The fourth-order valence-corrected chi connectivity index (χ4v) is 2.20. The first-order chi connectivity index (χ1) is 12.8. The minimum Gasteiger partial charge on any atom is -0.456 e. The van der Waals surface area contributed by atoms with Gasteiger partial charge < -0.3 is 20.5 Å². The molecule has 1 aliphatic rings. The first-order valence-corrected chi connectivity index (χ1v) is 8.60. The van der Waals surface area contributed by atoms with E-state index in [0.717, 1.165) is 0 Å². The van der Waals surface area contributed by atoms with E-state index in [9.17, 15) is 22.4 Å². The molecule has 156 valence electrons. The highest BCUT2D eigenvalue weighted by molar-refractivity contribution is 5.89. The molecule has 10 heteroatoms. The molecule has 2 rings (SSSR count). The molecular weight excluding hydrogens is 382 g/mol. The van der Waals surface area contributed by atoms with E-state index < -0.39 is 41.9 Å². The molecule has 0 aromatic carbocycles. The summed E-state index contributed by atoms with van der Waals surface area (Å²) in [5, 5.41) is 2.61. The van der Waals surface area contributed by atoms with E-state index in [4.69, 9.17) is 15.2 Å². The van der Waals surface area contributed by atoms with Gasteiger partial charge in [-0.25, -0.2) is 9.78 Å². The van der Waals surface area contributed by atoms with Crippen molar-refractivity contribution < 1.29 is 31.8 Å². The zero-order valence-electron chi connectivity index (χ0n) is 15.8. The molecule has 1 fully saturated rings. The van der Waals surface area contributed by atoms with E-state index in [0.29, 0.717) is 0 Å². The molecule has 1 unspecified atom stereocenters. The van der Waals surface area contributed by atoms with Crippen LogP contribution in [0.25, 0.3) is 0 Å². The highest BCUT2D eigenvalue weighted by Crippen LogP contribution is 2.57. The summed E-state index contributed by atoms with van der Waals surface area (Å²) in [5.41, 5.74) is 2.71. The number of nitrogens with one attached hydrogen (secondary N) is 1. The van der Waals surface area contributed by atoms with Gasteiger partial charge in [-0.2, -0.15) is 17.6 Å². The van der Waals surface area contributed by atoms with Crippen molar-refractivity contribution in [1.29, 1.82) is 0 Å². The molecule has 0 spiro atoms. The van der Waals surface area contributed by atoms with Gasteiger partial charge in [-0.1, -0.05) is 0 Å². The fraction of sp³-hybridized carbons (Fsp3) is 0.556. The number of pyridine rings is 1. The van der Waals surface area contributed by atoms with Gasteiger partial charge in [0.15, 0.2) is 0 Å². The lowest BCUT2D eigenvalue weighted by molar-refractivity contribution is -0.203. The molecule has 1 aromatic rings. The van der Waals surface area contributed by atoms with Gasteiger partial charge in [0, 0.05) is 6.20 Å². The second-order valence-corrected chi connectivity index (χ2v) is 7.59. The monoisotopic (exact) mass is 405 g/mol. The molecule has 28 heavy (non-hydrogen) atoms. The topological polar surface area (TPSA) is 86.5 Å². The second-order valence-electron chi connectivity index (χ2n) is 7.59. The molecule has 0 aliphatic heterocycles. The second kappa shape index (κ2) is 8.04. The molecule has 1 aromatic heterocycles. The summed E-state index contributed by atoms with van der Waals surface area (Å²) >= 11 is 0. The number of nitrogens with zero attached hydrogens (tertiary/aromatic N) is 1. The van der Waals surface area contributed by atoms with Crippen molar-refractivity contribution in [2.45, 2.75) is 51.6 Å². The maximum absolute atomic E-state index is 14.0. The zero-order valence-corrected chi connectivity index (χ0v) is 15.8. The Bertz CT molecular complexity index is 741. The van der Waals surface area contributed by atoms with E-state index >= 15 is 0 Å². The number of ether oxygens (including phenoxy) is 2. The van der Waals surface area contributed by atoms with Crippen molar-refractivity contribution >= 4 is 11.8 Å². The third-order valence-electron chi connectivity index (χ3n) is 3.99. The predicted molar refractivity (Wildman–Crippen MR) is 93.8 cm³/mol. The minimum absolute atomic E-state index is 0.0262. The Hall–Kier alpha value is -2.20. The quantitative estimate of drug-likeness (QED) is 0.311. The SMILES string of the molecule is CC(C)(C)OC(=O)c1ccc(N/C=C\C(N)OCC2(C(F)(F)F)CC2)nc1F. The molecule has 3 N–H and O–H groups in total. The van der Waals surface area contributed by atoms with Gasteiger partial charge in [0.2, 0.25) is 5.95 Å². The van der Waals surface area contributed by atoms with Crippen molar-refractivity contribution in [2.24, 2.45) is 11.1 Å². The lowest BCUT2D eigenvalue weighted by Gasteiger charge is -2.20. The van der Waals surface area contributed by atoms with Gasteiger partial charge in [0.25, 0.3) is 0 Å². The Morgan fingerprint density at radius 1 is 1.36 bits per heavy atom. The third-order valence-corrected chi connectivity index (χ3v) is 3.99. The molecule has 0 radical (unpaired) electrons. The highest BCUT2D eigenvalue weighted by Gasteiger charge is 2.63. The van der Waals surface area contributed by atoms with Gasteiger partial charge in [-0.15, -0.1) is 0 Å². The molecule has 1 atom stereocenters. The molecule has 1 aliphatic carbocycles.